The van der Waals surface area contributed by atoms with Crippen molar-refractivity contribution in [2.24, 2.45) is 0 Å². The van der Waals surface area contributed by atoms with Gasteiger partial charge in [-0.15, -0.1) is 11.6 Å². The van der Waals surface area contributed by atoms with Crippen LogP contribution in [-0.2, 0) is 4.74 Å². The average Bonchev–Trinajstić information content (AvgIpc) is 2.37. The Bertz CT molecular complexity index is 426. The van der Waals surface area contributed by atoms with Crippen LogP contribution in [0.4, 0.5) is 10.6 Å². The molecular weight excluding hydrogens is 258 g/mol. The number of carbonyl (C=O) groups excluding carboxylic acids is 2. The third-order valence-corrected chi connectivity index (χ3v) is 2.08. The van der Waals surface area contributed by atoms with Gasteiger partial charge < -0.3 is 10.1 Å². The van der Waals surface area contributed by atoms with Crippen LogP contribution in [-0.4, -0.2) is 36.0 Å². The Labute approximate surface area is 110 Å². The number of nitrogens with zero attached hydrogens (tertiary/aromatic N) is 1. The first-order chi connectivity index (χ1) is 8.67. The van der Waals surface area contributed by atoms with Gasteiger partial charge in [0.05, 0.1) is 12.2 Å². The zero-order valence-electron chi connectivity index (χ0n) is 9.90. The van der Waals surface area contributed by atoms with Crippen molar-refractivity contribution in [2.45, 2.75) is 6.92 Å². The number of esters is 1. The Hall–Kier alpha value is -1.82. The number of urea groups is 1. The largest absolute Gasteiger partial charge is 0.462 e. The van der Waals surface area contributed by atoms with E-state index in [2.05, 4.69) is 15.6 Å². The highest BCUT2D eigenvalue weighted by molar-refractivity contribution is 6.18. The van der Waals surface area contributed by atoms with Crippen molar-refractivity contribution in [1.29, 1.82) is 0 Å². The van der Waals surface area contributed by atoms with Gasteiger partial charge in [0.1, 0.15) is 5.82 Å². The summed E-state index contributed by atoms with van der Waals surface area (Å²) >= 11 is 5.43. The quantitative estimate of drug-likeness (QED) is 0.630. The summed E-state index contributed by atoms with van der Waals surface area (Å²) in [6.45, 7) is 2.36. The summed E-state index contributed by atoms with van der Waals surface area (Å²) in [5.74, 6) is 0.140. The molecule has 0 aliphatic carbocycles. The number of aromatic nitrogens is 1. The molecule has 1 heterocycles. The van der Waals surface area contributed by atoms with Crippen LogP contribution >= 0.6 is 11.6 Å². The Morgan fingerprint density at radius 2 is 2.28 bits per heavy atom. The van der Waals surface area contributed by atoms with E-state index in [-0.39, 0.29) is 5.82 Å². The van der Waals surface area contributed by atoms with E-state index in [0.717, 1.165) is 0 Å². The molecule has 0 aliphatic rings. The van der Waals surface area contributed by atoms with Gasteiger partial charge in [0.25, 0.3) is 0 Å². The summed E-state index contributed by atoms with van der Waals surface area (Å²) in [5, 5.41) is 5.00. The maximum absolute atomic E-state index is 11.5. The van der Waals surface area contributed by atoms with Gasteiger partial charge in [-0.05, 0) is 19.1 Å². The van der Waals surface area contributed by atoms with E-state index in [4.69, 9.17) is 16.3 Å². The third-order valence-electron chi connectivity index (χ3n) is 1.89. The molecule has 1 aromatic heterocycles. The van der Waals surface area contributed by atoms with Gasteiger partial charge in [0.15, 0.2) is 0 Å². The molecule has 0 unspecified atom stereocenters. The van der Waals surface area contributed by atoms with Gasteiger partial charge in [-0.2, -0.15) is 0 Å². The summed E-state index contributed by atoms with van der Waals surface area (Å²) in [6, 6.07) is 2.53. The molecule has 6 nitrogen and oxygen atoms in total. The molecule has 2 amide bonds. The number of hydrogen-bond acceptors (Lipinski definition) is 4. The van der Waals surface area contributed by atoms with Crippen LogP contribution < -0.4 is 10.6 Å². The van der Waals surface area contributed by atoms with Crippen LogP contribution in [0.3, 0.4) is 0 Å². The fourth-order valence-corrected chi connectivity index (χ4v) is 1.26. The molecule has 0 fully saturated rings. The summed E-state index contributed by atoms with van der Waals surface area (Å²) < 4.78 is 4.84. The van der Waals surface area contributed by atoms with Crippen LogP contribution in [0.25, 0.3) is 0 Å². The van der Waals surface area contributed by atoms with Crippen molar-refractivity contribution in [3.05, 3.63) is 23.9 Å². The summed E-state index contributed by atoms with van der Waals surface area (Å²) in [7, 11) is 0. The minimum absolute atomic E-state index is 0.271. The highest BCUT2D eigenvalue weighted by Crippen LogP contribution is 2.08. The predicted octanol–water partition coefficient (Wildman–Crippen LogP) is 1.62. The van der Waals surface area contributed by atoms with Gasteiger partial charge in [-0.3, -0.25) is 5.32 Å². The molecule has 7 heteroatoms. The summed E-state index contributed by atoms with van der Waals surface area (Å²) in [6.07, 6.45) is 1.42. The molecule has 1 aromatic rings. The first-order valence-electron chi connectivity index (χ1n) is 5.41. The Kier molecular flexibility index (Phi) is 5.93. The maximum atomic E-state index is 11.5. The number of pyridine rings is 1. The molecule has 18 heavy (non-hydrogen) atoms. The normalized spacial score (nSPS) is 9.67. The number of ether oxygens (including phenoxy) is 1. The van der Waals surface area contributed by atoms with E-state index in [1.165, 1.54) is 18.3 Å². The van der Waals surface area contributed by atoms with Crippen molar-refractivity contribution in [3.8, 4) is 0 Å². The van der Waals surface area contributed by atoms with Crippen molar-refractivity contribution in [1.82, 2.24) is 10.3 Å². The molecule has 0 aromatic carbocycles. The molecular formula is C11H14ClN3O3. The lowest BCUT2D eigenvalue weighted by atomic mass is 10.2. The first kappa shape index (κ1) is 14.2. The number of halogens is 1. The van der Waals surface area contributed by atoms with Crippen LogP contribution in [0.2, 0.25) is 0 Å². The summed E-state index contributed by atoms with van der Waals surface area (Å²) in [5.41, 5.74) is 0.333. The number of anilines is 1. The number of carbonyl (C=O) groups is 2. The fraction of sp³-hybridized carbons (Fsp3) is 0.364. The fourth-order valence-electron chi connectivity index (χ4n) is 1.16. The van der Waals surface area contributed by atoms with E-state index >= 15 is 0 Å². The molecule has 0 aliphatic heterocycles. The van der Waals surface area contributed by atoms with Crippen LogP contribution in [0.1, 0.15) is 17.3 Å². The zero-order chi connectivity index (χ0) is 13.4. The van der Waals surface area contributed by atoms with Crippen molar-refractivity contribution < 1.29 is 14.3 Å². The standard InChI is InChI=1S/C11H14ClN3O3/c1-2-18-10(16)8-3-5-13-9(7-8)15-11(17)14-6-4-12/h3,5,7H,2,4,6H2,1H3,(H2,13,14,15,17). The first-order valence-corrected chi connectivity index (χ1v) is 5.94. The van der Waals surface area contributed by atoms with Gasteiger partial charge in [-0.25, -0.2) is 14.6 Å². The molecule has 0 bridgehead atoms. The molecule has 1 rings (SSSR count). The second-order valence-corrected chi connectivity index (χ2v) is 3.60. The SMILES string of the molecule is CCOC(=O)c1ccnc(NC(=O)NCCCl)c1. The van der Waals surface area contributed by atoms with Crippen molar-refractivity contribution in [3.63, 3.8) is 0 Å². The van der Waals surface area contributed by atoms with Gasteiger partial charge in [0.2, 0.25) is 0 Å². The van der Waals surface area contributed by atoms with Crippen LogP contribution in [0, 0.1) is 0 Å². The van der Waals surface area contributed by atoms with Gasteiger partial charge in [0, 0.05) is 18.6 Å². The summed E-state index contributed by atoms with van der Waals surface area (Å²) in [4.78, 5) is 26.7. The van der Waals surface area contributed by atoms with E-state index in [1.54, 1.807) is 6.92 Å². The zero-order valence-corrected chi connectivity index (χ0v) is 10.7. The molecule has 0 radical (unpaired) electrons. The van der Waals surface area contributed by atoms with Crippen LogP contribution in [0.5, 0.6) is 0 Å². The van der Waals surface area contributed by atoms with Gasteiger partial charge >= 0.3 is 12.0 Å². The lowest BCUT2D eigenvalue weighted by molar-refractivity contribution is 0.0526. The average molecular weight is 272 g/mol. The molecule has 98 valence electrons. The van der Waals surface area contributed by atoms with E-state index in [0.29, 0.717) is 24.6 Å². The van der Waals surface area contributed by atoms with E-state index in [9.17, 15) is 9.59 Å². The third kappa shape index (κ3) is 4.58. The number of alkyl halides is 1. The predicted molar refractivity (Wildman–Crippen MR) is 67.9 cm³/mol. The topological polar surface area (TPSA) is 80.3 Å². The maximum Gasteiger partial charge on any atom is 0.338 e. The molecule has 0 atom stereocenters. The second kappa shape index (κ2) is 7.50. The molecule has 2 N–H and O–H groups in total. The van der Waals surface area contributed by atoms with Crippen LogP contribution in [0.15, 0.2) is 18.3 Å². The van der Waals surface area contributed by atoms with E-state index in [1.807, 2.05) is 0 Å². The molecule has 0 spiro atoms. The smallest absolute Gasteiger partial charge is 0.338 e. The monoisotopic (exact) mass is 271 g/mol. The highest BCUT2D eigenvalue weighted by atomic mass is 35.5. The number of rotatable bonds is 5. The van der Waals surface area contributed by atoms with Gasteiger partial charge in [-0.1, -0.05) is 0 Å². The Balaban J connectivity index is 2.64. The number of amides is 2. The van der Waals surface area contributed by atoms with Crippen molar-refractivity contribution in [2.75, 3.05) is 24.3 Å². The lowest BCUT2D eigenvalue weighted by Crippen LogP contribution is -2.30. The minimum atomic E-state index is -0.455. The second-order valence-electron chi connectivity index (χ2n) is 3.22. The molecule has 0 saturated heterocycles. The Morgan fingerprint density at radius 1 is 1.50 bits per heavy atom. The van der Waals surface area contributed by atoms with E-state index < -0.39 is 12.0 Å². The minimum Gasteiger partial charge on any atom is -0.462 e. The number of nitrogens with one attached hydrogen (secondary N) is 2. The highest BCUT2D eigenvalue weighted by Gasteiger charge is 2.08. The lowest BCUT2D eigenvalue weighted by Gasteiger charge is -2.07. The molecule has 0 saturated carbocycles. The number of hydrogen-bond donors (Lipinski definition) is 2. The Morgan fingerprint density at radius 3 is 2.94 bits per heavy atom. The van der Waals surface area contributed by atoms with Crippen molar-refractivity contribution >= 4 is 29.4 Å².